The molecule has 0 radical (unpaired) electrons. The lowest BCUT2D eigenvalue weighted by molar-refractivity contribution is -0.129. The van der Waals surface area contributed by atoms with Crippen LogP contribution in [0.1, 0.15) is 12.0 Å². The van der Waals surface area contributed by atoms with Crippen molar-refractivity contribution < 1.29 is 18.0 Å². The van der Waals surface area contributed by atoms with Crippen LogP contribution in [0.4, 0.5) is 13.2 Å². The second-order valence-electron chi connectivity index (χ2n) is 4.22. The number of carbonyl (C=O) groups excluding carboxylic acids is 1. The predicted molar refractivity (Wildman–Crippen MR) is 67.2 cm³/mol. The van der Waals surface area contributed by atoms with Crippen LogP contribution in [0.25, 0.3) is 0 Å². The summed E-state index contributed by atoms with van der Waals surface area (Å²) in [7, 11) is 1.59. The van der Waals surface area contributed by atoms with Gasteiger partial charge in [-0.2, -0.15) is 13.2 Å². The summed E-state index contributed by atoms with van der Waals surface area (Å²) in [5.41, 5.74) is -4.82. The maximum Gasteiger partial charge on any atom is 0.461 e. The highest BCUT2D eigenvalue weighted by atomic mass is 32.2. The van der Waals surface area contributed by atoms with Crippen LogP contribution in [0.5, 0.6) is 0 Å². The Hall–Kier alpha value is -1.21. The van der Waals surface area contributed by atoms with Gasteiger partial charge in [-0.25, -0.2) is 0 Å². The van der Waals surface area contributed by atoms with E-state index in [2.05, 4.69) is 5.32 Å². The van der Waals surface area contributed by atoms with Crippen molar-refractivity contribution in [3.05, 3.63) is 35.9 Å². The Kier molecular flexibility index (Phi) is 3.78. The summed E-state index contributed by atoms with van der Waals surface area (Å²) in [5.74, 6) is -0.552. The number of halogens is 3. The van der Waals surface area contributed by atoms with Crippen molar-refractivity contribution in [2.45, 2.75) is 17.5 Å². The van der Waals surface area contributed by atoms with Crippen molar-refractivity contribution in [2.24, 2.45) is 0 Å². The molecule has 7 heteroatoms. The highest BCUT2D eigenvalue weighted by molar-refractivity contribution is 7.98. The minimum Gasteiger partial charge on any atom is -0.303 e. The molecule has 0 bridgehead atoms. The lowest BCUT2D eigenvalue weighted by Gasteiger charge is -2.27. The molecule has 0 spiro atoms. The summed E-state index contributed by atoms with van der Waals surface area (Å²) in [6.07, 6.45) is 0.315. The van der Waals surface area contributed by atoms with Gasteiger partial charge in [-0.1, -0.05) is 30.3 Å². The number of hydrogen-bond donors (Lipinski definition) is 1. The monoisotopic (exact) mass is 290 g/mol. The molecule has 0 aromatic heterocycles. The molecule has 1 atom stereocenters. The minimum absolute atomic E-state index is 0.0682. The van der Waals surface area contributed by atoms with Gasteiger partial charge in [0.15, 0.2) is 0 Å². The molecule has 1 fully saturated rings. The largest absolute Gasteiger partial charge is 0.461 e. The van der Waals surface area contributed by atoms with Crippen LogP contribution < -0.4 is 5.32 Å². The number of rotatable bonds is 3. The van der Waals surface area contributed by atoms with Gasteiger partial charge in [-0.05, 0) is 19.0 Å². The smallest absolute Gasteiger partial charge is 0.303 e. The van der Waals surface area contributed by atoms with E-state index in [0.717, 1.165) is 4.31 Å². The predicted octanol–water partition coefficient (Wildman–Crippen LogP) is 2.50. The summed E-state index contributed by atoms with van der Waals surface area (Å²) in [6.45, 7) is 0.0682. The summed E-state index contributed by atoms with van der Waals surface area (Å²) in [5, 5.41) is 2.89. The van der Waals surface area contributed by atoms with Crippen LogP contribution >= 0.6 is 11.9 Å². The average molecular weight is 290 g/mol. The Bertz CT molecular complexity index is 466. The van der Waals surface area contributed by atoms with E-state index in [1.165, 1.54) is 0 Å². The molecule has 104 valence electrons. The summed E-state index contributed by atoms with van der Waals surface area (Å²) < 4.78 is 37.9. The molecular weight excluding hydrogens is 277 g/mol. The van der Waals surface area contributed by atoms with Crippen LogP contribution in [0, 0.1) is 0 Å². The quantitative estimate of drug-likeness (QED) is 0.868. The van der Waals surface area contributed by atoms with Gasteiger partial charge in [0.05, 0.1) is 11.9 Å². The Morgan fingerprint density at radius 1 is 1.32 bits per heavy atom. The molecule has 0 saturated carbocycles. The fourth-order valence-corrected chi connectivity index (χ4v) is 2.94. The third-order valence-electron chi connectivity index (χ3n) is 3.19. The Labute approximate surface area is 113 Å². The number of carbonyl (C=O) groups is 1. The molecular formula is C12H13F3N2OS. The third-order valence-corrected chi connectivity index (χ3v) is 3.96. The molecule has 1 heterocycles. The SMILES string of the molecule is CNC1(c2ccccc2)CCN(SC(F)(F)F)C1=O. The molecule has 1 amide bonds. The summed E-state index contributed by atoms with van der Waals surface area (Å²) >= 11 is -0.371. The fourth-order valence-electron chi connectivity index (χ4n) is 2.27. The lowest BCUT2D eigenvalue weighted by atomic mass is 9.88. The molecule has 1 aliphatic heterocycles. The number of hydrogen-bond acceptors (Lipinski definition) is 3. The third kappa shape index (κ3) is 2.71. The zero-order valence-electron chi connectivity index (χ0n) is 10.2. The van der Waals surface area contributed by atoms with Crippen molar-refractivity contribution in [1.29, 1.82) is 0 Å². The summed E-state index contributed by atoms with van der Waals surface area (Å²) in [4.78, 5) is 12.3. The molecule has 3 nitrogen and oxygen atoms in total. The second-order valence-corrected chi connectivity index (χ2v) is 5.30. The molecule has 1 aliphatic rings. The van der Waals surface area contributed by atoms with Crippen LogP contribution in [-0.4, -0.2) is 29.3 Å². The average Bonchev–Trinajstić information content (AvgIpc) is 2.67. The highest BCUT2D eigenvalue weighted by Gasteiger charge is 2.50. The van der Waals surface area contributed by atoms with Crippen molar-refractivity contribution in [3.8, 4) is 0 Å². The maximum absolute atomic E-state index is 12.4. The number of amides is 1. The van der Waals surface area contributed by atoms with Gasteiger partial charge in [0.2, 0.25) is 0 Å². The van der Waals surface area contributed by atoms with Gasteiger partial charge < -0.3 is 5.32 Å². The van der Waals surface area contributed by atoms with Gasteiger partial charge in [-0.15, -0.1) is 0 Å². The first-order valence-corrected chi connectivity index (χ1v) is 6.49. The van der Waals surface area contributed by atoms with E-state index in [-0.39, 0.29) is 18.5 Å². The van der Waals surface area contributed by atoms with Gasteiger partial charge in [0, 0.05) is 6.54 Å². The number of nitrogens with one attached hydrogen (secondary N) is 1. The van der Waals surface area contributed by atoms with Crippen molar-refractivity contribution in [2.75, 3.05) is 13.6 Å². The fraction of sp³-hybridized carbons (Fsp3) is 0.417. The molecule has 1 saturated heterocycles. The van der Waals surface area contributed by atoms with E-state index in [0.29, 0.717) is 12.0 Å². The van der Waals surface area contributed by atoms with Gasteiger partial charge >= 0.3 is 5.51 Å². The Morgan fingerprint density at radius 2 is 1.95 bits per heavy atom. The summed E-state index contributed by atoms with van der Waals surface area (Å²) in [6, 6.07) is 8.82. The maximum atomic E-state index is 12.4. The standard InChI is InChI=1S/C12H13F3N2OS/c1-16-11(9-5-3-2-4-6-9)7-8-17(10(11)18)19-12(13,14)15/h2-6,16H,7-8H2,1H3. The van der Waals surface area contributed by atoms with Crippen LogP contribution in [-0.2, 0) is 10.3 Å². The first-order chi connectivity index (χ1) is 8.89. The van der Waals surface area contributed by atoms with E-state index in [1.54, 1.807) is 37.4 Å². The highest BCUT2D eigenvalue weighted by Crippen LogP contribution is 2.41. The van der Waals surface area contributed by atoms with Gasteiger partial charge in [-0.3, -0.25) is 9.10 Å². The van der Waals surface area contributed by atoms with Crippen LogP contribution in [0.15, 0.2) is 30.3 Å². The molecule has 1 aromatic rings. The first kappa shape index (κ1) is 14.2. The molecule has 1 N–H and O–H groups in total. The van der Waals surface area contributed by atoms with E-state index >= 15 is 0 Å². The topological polar surface area (TPSA) is 32.3 Å². The van der Waals surface area contributed by atoms with E-state index in [1.807, 2.05) is 0 Å². The van der Waals surface area contributed by atoms with Gasteiger partial charge in [0.25, 0.3) is 5.91 Å². The number of likely N-dealkylation sites (N-methyl/N-ethyl adjacent to an activating group) is 1. The lowest BCUT2D eigenvalue weighted by Crippen LogP contribution is -2.46. The molecule has 0 aliphatic carbocycles. The van der Waals surface area contributed by atoms with Crippen LogP contribution in [0.3, 0.4) is 0 Å². The first-order valence-electron chi connectivity index (χ1n) is 5.71. The minimum atomic E-state index is -4.45. The zero-order valence-corrected chi connectivity index (χ0v) is 11.0. The molecule has 1 unspecified atom stereocenters. The Balaban J connectivity index is 2.27. The molecule has 19 heavy (non-hydrogen) atoms. The van der Waals surface area contributed by atoms with E-state index in [4.69, 9.17) is 0 Å². The number of nitrogens with zero attached hydrogens (tertiary/aromatic N) is 1. The Morgan fingerprint density at radius 3 is 2.47 bits per heavy atom. The van der Waals surface area contributed by atoms with E-state index < -0.39 is 17.0 Å². The van der Waals surface area contributed by atoms with Crippen LogP contribution in [0.2, 0.25) is 0 Å². The molecule has 2 rings (SSSR count). The number of alkyl halides is 3. The second kappa shape index (κ2) is 5.05. The zero-order chi connectivity index (χ0) is 14.1. The van der Waals surface area contributed by atoms with Crippen molar-refractivity contribution in [3.63, 3.8) is 0 Å². The van der Waals surface area contributed by atoms with E-state index in [9.17, 15) is 18.0 Å². The number of benzene rings is 1. The van der Waals surface area contributed by atoms with Crippen molar-refractivity contribution in [1.82, 2.24) is 9.62 Å². The van der Waals surface area contributed by atoms with Crippen molar-refractivity contribution >= 4 is 17.9 Å². The van der Waals surface area contributed by atoms with Gasteiger partial charge in [0.1, 0.15) is 5.54 Å². The normalized spacial score (nSPS) is 24.0. The molecule has 1 aromatic carbocycles.